The summed E-state index contributed by atoms with van der Waals surface area (Å²) in [6.45, 7) is 11.7. The predicted octanol–water partition coefficient (Wildman–Crippen LogP) is 7.26. The summed E-state index contributed by atoms with van der Waals surface area (Å²) in [7, 11) is 0. The summed E-state index contributed by atoms with van der Waals surface area (Å²) in [5, 5.41) is 0.787. The van der Waals surface area contributed by atoms with Crippen molar-refractivity contribution in [2.45, 2.75) is 78.7 Å². The van der Waals surface area contributed by atoms with Gasteiger partial charge in [-0.15, -0.1) is 0 Å². The van der Waals surface area contributed by atoms with Crippen molar-refractivity contribution in [3.05, 3.63) is 59.4 Å². The molecule has 1 atom stereocenters. The molecule has 0 fully saturated rings. The Balaban J connectivity index is 1.72. The number of benzene rings is 2. The van der Waals surface area contributed by atoms with E-state index in [1.54, 1.807) is 0 Å². The minimum absolute atomic E-state index is 0.0364. The van der Waals surface area contributed by atoms with Gasteiger partial charge in [0.05, 0.1) is 5.56 Å². The van der Waals surface area contributed by atoms with Crippen molar-refractivity contribution < 1.29 is 13.9 Å². The average molecular weight is 479 g/mol. The molecular formula is C30H42N2O3. The van der Waals surface area contributed by atoms with Gasteiger partial charge < -0.3 is 14.9 Å². The van der Waals surface area contributed by atoms with E-state index in [2.05, 4.69) is 32.6 Å². The molecular weight excluding hydrogens is 436 g/mol. The Morgan fingerprint density at radius 2 is 1.63 bits per heavy atom. The number of aryl methyl sites for hydroxylation is 1. The number of fused-ring (bicyclic) bond motifs is 1. The van der Waals surface area contributed by atoms with Crippen LogP contribution in [0.15, 0.2) is 46.9 Å². The molecule has 0 saturated carbocycles. The van der Waals surface area contributed by atoms with E-state index >= 15 is 0 Å². The molecule has 2 aromatic carbocycles. The topological polar surface area (TPSA) is 68.7 Å². The first-order valence-corrected chi connectivity index (χ1v) is 13.3. The molecule has 0 spiro atoms. The van der Waals surface area contributed by atoms with Crippen LogP contribution in [0.25, 0.3) is 11.0 Å². The average Bonchev–Trinajstić information content (AvgIpc) is 3.23. The Kier molecular flexibility index (Phi) is 10.2. The minimum Gasteiger partial charge on any atom is -0.492 e. The fraction of sp³-hybridized carbons (Fsp3) is 0.500. The quantitative estimate of drug-likeness (QED) is 0.184. The third-order valence-electron chi connectivity index (χ3n) is 6.60. The molecule has 1 aromatic heterocycles. The highest BCUT2D eigenvalue weighted by Gasteiger charge is 2.22. The second-order valence-electron chi connectivity index (χ2n) is 9.52. The van der Waals surface area contributed by atoms with Gasteiger partial charge in [-0.2, -0.15) is 0 Å². The van der Waals surface area contributed by atoms with Gasteiger partial charge in [-0.1, -0.05) is 40.0 Å². The summed E-state index contributed by atoms with van der Waals surface area (Å²) in [6, 6.07) is 13.3. The molecule has 0 aliphatic carbocycles. The van der Waals surface area contributed by atoms with Crippen LogP contribution in [0.1, 0.15) is 87.9 Å². The van der Waals surface area contributed by atoms with Crippen LogP contribution in [0.4, 0.5) is 5.69 Å². The Bertz CT molecular complexity index is 1060. The van der Waals surface area contributed by atoms with Crippen LogP contribution in [0.3, 0.4) is 0 Å². The number of nitrogens with two attached hydrogens (primary N) is 1. The van der Waals surface area contributed by atoms with Crippen molar-refractivity contribution in [2.75, 3.05) is 25.4 Å². The maximum absolute atomic E-state index is 13.5. The summed E-state index contributed by atoms with van der Waals surface area (Å²) >= 11 is 0. The molecule has 0 saturated heterocycles. The smallest absolute Gasteiger partial charge is 0.197 e. The molecule has 0 aliphatic heterocycles. The highest BCUT2D eigenvalue weighted by Crippen LogP contribution is 2.31. The molecule has 35 heavy (non-hydrogen) atoms. The molecule has 5 heteroatoms. The molecule has 0 radical (unpaired) electrons. The SMILES string of the molecule is CCCCc1oc2ccc(N)cc2c1C(=O)c1ccc(OCC(C)N(CCCC)CCCC)cc1. The molecule has 3 aromatic rings. The molecule has 2 N–H and O–H groups in total. The molecule has 0 bridgehead atoms. The molecule has 1 unspecified atom stereocenters. The summed E-state index contributed by atoms with van der Waals surface area (Å²) in [5.74, 6) is 1.49. The van der Waals surface area contributed by atoms with Gasteiger partial charge in [0.2, 0.25) is 0 Å². The Hall–Kier alpha value is -2.79. The normalized spacial score (nSPS) is 12.4. The first kappa shape index (κ1) is 26.8. The summed E-state index contributed by atoms with van der Waals surface area (Å²) in [5.41, 5.74) is 8.61. The lowest BCUT2D eigenvalue weighted by atomic mass is 9.98. The van der Waals surface area contributed by atoms with Gasteiger partial charge in [-0.25, -0.2) is 0 Å². The third kappa shape index (κ3) is 7.11. The predicted molar refractivity (Wildman–Crippen MR) is 145 cm³/mol. The monoisotopic (exact) mass is 478 g/mol. The first-order chi connectivity index (χ1) is 17.0. The number of hydrogen-bond acceptors (Lipinski definition) is 5. The number of nitrogens with zero attached hydrogens (tertiary/aromatic N) is 1. The van der Waals surface area contributed by atoms with Crippen LogP contribution >= 0.6 is 0 Å². The highest BCUT2D eigenvalue weighted by molar-refractivity contribution is 6.17. The van der Waals surface area contributed by atoms with Crippen LogP contribution in [0, 0.1) is 0 Å². The number of furan rings is 1. The van der Waals surface area contributed by atoms with Crippen LogP contribution in [0.5, 0.6) is 5.75 Å². The van der Waals surface area contributed by atoms with E-state index in [0.29, 0.717) is 35.0 Å². The number of ether oxygens (including phenoxy) is 1. The second kappa shape index (κ2) is 13.3. The second-order valence-corrected chi connectivity index (χ2v) is 9.52. The van der Waals surface area contributed by atoms with E-state index in [1.807, 2.05) is 42.5 Å². The van der Waals surface area contributed by atoms with E-state index in [9.17, 15) is 4.79 Å². The molecule has 0 aliphatic rings. The summed E-state index contributed by atoms with van der Waals surface area (Å²) in [6.07, 6.45) is 7.55. The van der Waals surface area contributed by atoms with Gasteiger partial charge in [0.15, 0.2) is 5.78 Å². The van der Waals surface area contributed by atoms with E-state index in [0.717, 1.165) is 49.2 Å². The van der Waals surface area contributed by atoms with Gasteiger partial charge in [0.25, 0.3) is 0 Å². The van der Waals surface area contributed by atoms with E-state index in [4.69, 9.17) is 14.9 Å². The van der Waals surface area contributed by atoms with E-state index in [-0.39, 0.29) is 5.78 Å². The minimum atomic E-state index is -0.0364. The zero-order valence-corrected chi connectivity index (χ0v) is 21.9. The van der Waals surface area contributed by atoms with E-state index < -0.39 is 0 Å². The first-order valence-electron chi connectivity index (χ1n) is 13.3. The van der Waals surface area contributed by atoms with Crippen molar-refractivity contribution in [1.82, 2.24) is 4.90 Å². The molecule has 3 rings (SSSR count). The zero-order valence-electron chi connectivity index (χ0n) is 21.9. The van der Waals surface area contributed by atoms with Gasteiger partial charge in [-0.3, -0.25) is 9.69 Å². The molecule has 1 heterocycles. The number of rotatable bonds is 15. The lowest BCUT2D eigenvalue weighted by Gasteiger charge is -2.29. The standard InChI is InChI=1S/C30H42N2O3/c1-5-8-11-28-29(26-20-24(31)14-17-27(26)35-28)30(33)23-12-15-25(16-13-23)34-21-22(4)32(18-9-6-2)19-10-7-3/h12-17,20,22H,5-11,18-19,21,31H2,1-4H3. The van der Waals surface area contributed by atoms with E-state index in [1.165, 1.54) is 25.7 Å². The fourth-order valence-electron chi connectivity index (χ4n) is 4.37. The fourth-order valence-corrected chi connectivity index (χ4v) is 4.37. The van der Waals surface area contributed by atoms with Crippen LogP contribution in [-0.4, -0.2) is 36.4 Å². The molecule has 190 valence electrons. The van der Waals surface area contributed by atoms with Crippen LogP contribution < -0.4 is 10.5 Å². The largest absolute Gasteiger partial charge is 0.492 e. The number of nitrogen functional groups attached to an aromatic ring is 1. The van der Waals surface area contributed by atoms with Gasteiger partial charge >= 0.3 is 0 Å². The Morgan fingerprint density at radius 3 is 2.26 bits per heavy atom. The lowest BCUT2D eigenvalue weighted by Crippen LogP contribution is -2.38. The van der Waals surface area contributed by atoms with Crippen molar-refractivity contribution in [1.29, 1.82) is 0 Å². The Labute approximate surface area is 210 Å². The number of ketones is 1. The molecule has 5 nitrogen and oxygen atoms in total. The number of carbonyl (C=O) groups excluding carboxylic acids is 1. The van der Waals surface area contributed by atoms with Crippen molar-refractivity contribution in [2.24, 2.45) is 0 Å². The summed E-state index contributed by atoms with van der Waals surface area (Å²) in [4.78, 5) is 16.1. The van der Waals surface area contributed by atoms with Gasteiger partial charge in [-0.05, 0) is 81.7 Å². The maximum atomic E-state index is 13.5. The number of unbranched alkanes of at least 4 members (excludes halogenated alkanes) is 3. The molecule has 0 amide bonds. The maximum Gasteiger partial charge on any atom is 0.197 e. The third-order valence-corrected chi connectivity index (χ3v) is 6.60. The van der Waals surface area contributed by atoms with Crippen molar-refractivity contribution >= 4 is 22.4 Å². The Morgan fingerprint density at radius 1 is 0.971 bits per heavy atom. The van der Waals surface area contributed by atoms with Gasteiger partial charge in [0.1, 0.15) is 23.7 Å². The lowest BCUT2D eigenvalue weighted by molar-refractivity contribution is 0.103. The number of hydrogen-bond donors (Lipinski definition) is 1. The zero-order chi connectivity index (χ0) is 25.2. The highest BCUT2D eigenvalue weighted by atomic mass is 16.5. The van der Waals surface area contributed by atoms with Crippen molar-refractivity contribution in [3.8, 4) is 5.75 Å². The number of anilines is 1. The van der Waals surface area contributed by atoms with Crippen LogP contribution in [-0.2, 0) is 6.42 Å². The van der Waals surface area contributed by atoms with Gasteiger partial charge in [0, 0.05) is 29.1 Å². The number of carbonyl (C=O) groups is 1. The summed E-state index contributed by atoms with van der Waals surface area (Å²) < 4.78 is 12.2. The van der Waals surface area contributed by atoms with Crippen LogP contribution in [0.2, 0.25) is 0 Å². The van der Waals surface area contributed by atoms with Crippen molar-refractivity contribution in [3.63, 3.8) is 0 Å².